The first-order valence-corrected chi connectivity index (χ1v) is 7.50. The van der Waals surface area contributed by atoms with Crippen LogP contribution in [-0.4, -0.2) is 47.9 Å². The van der Waals surface area contributed by atoms with Gasteiger partial charge in [0.2, 0.25) is 5.91 Å². The number of nitrogens with zero attached hydrogens (tertiary/aromatic N) is 2. The normalized spacial score (nSPS) is 19.8. The van der Waals surface area contributed by atoms with Crippen molar-refractivity contribution < 1.29 is 4.79 Å². The lowest BCUT2D eigenvalue weighted by Crippen LogP contribution is -2.51. The fourth-order valence-corrected chi connectivity index (χ4v) is 2.86. The molecule has 0 spiro atoms. The second kappa shape index (κ2) is 8.16. The van der Waals surface area contributed by atoms with Crippen LogP contribution in [0.4, 0.5) is 0 Å². The van der Waals surface area contributed by atoms with Gasteiger partial charge in [-0.2, -0.15) is 0 Å². The highest BCUT2D eigenvalue weighted by Gasteiger charge is 2.33. The molecule has 2 fully saturated rings. The number of rotatable bonds is 3. The number of carbonyl (C=O) groups is 1. The second-order valence-corrected chi connectivity index (χ2v) is 5.98. The topological polar surface area (TPSA) is 49.6 Å². The van der Waals surface area contributed by atoms with Crippen LogP contribution in [0.1, 0.15) is 30.0 Å². The van der Waals surface area contributed by atoms with Crippen molar-refractivity contribution in [2.45, 2.75) is 31.8 Å². The van der Waals surface area contributed by atoms with Crippen LogP contribution < -0.4 is 5.73 Å². The molecular weight excluding hydrogens is 321 g/mol. The molecule has 1 atom stereocenters. The standard InChI is InChI=1S/C16H23N3O.2ClH/c1-12-2-4-13(5-3-12)15(17)16(20)19-10-8-18(9-11-19)14-6-7-14;;/h2-5,14-15H,6-11,17H2,1H3;2*1H. The molecule has 1 aromatic carbocycles. The zero-order valence-electron chi connectivity index (χ0n) is 12.9. The van der Waals surface area contributed by atoms with Crippen molar-refractivity contribution in [1.29, 1.82) is 0 Å². The van der Waals surface area contributed by atoms with Gasteiger partial charge in [-0.15, -0.1) is 24.8 Å². The maximum atomic E-state index is 12.5. The predicted molar refractivity (Wildman–Crippen MR) is 93.8 cm³/mol. The van der Waals surface area contributed by atoms with Crippen LogP contribution in [0.25, 0.3) is 0 Å². The summed E-state index contributed by atoms with van der Waals surface area (Å²) in [5, 5.41) is 0. The average Bonchev–Trinajstić information content (AvgIpc) is 3.31. The first kappa shape index (κ1) is 19.2. The molecular formula is C16H25Cl2N3O. The molecule has 0 bridgehead atoms. The number of piperazine rings is 1. The molecule has 1 unspecified atom stereocenters. The summed E-state index contributed by atoms with van der Waals surface area (Å²) in [4.78, 5) is 16.9. The van der Waals surface area contributed by atoms with E-state index in [9.17, 15) is 4.79 Å². The summed E-state index contributed by atoms with van der Waals surface area (Å²) in [6.07, 6.45) is 2.66. The highest BCUT2D eigenvalue weighted by atomic mass is 35.5. The van der Waals surface area contributed by atoms with Gasteiger partial charge in [0.05, 0.1) is 0 Å². The van der Waals surface area contributed by atoms with Gasteiger partial charge in [-0.25, -0.2) is 0 Å². The molecule has 2 aliphatic rings. The Morgan fingerprint density at radius 3 is 2.14 bits per heavy atom. The summed E-state index contributed by atoms with van der Waals surface area (Å²) in [7, 11) is 0. The van der Waals surface area contributed by atoms with Gasteiger partial charge in [-0.3, -0.25) is 9.69 Å². The van der Waals surface area contributed by atoms with Crippen molar-refractivity contribution >= 4 is 30.7 Å². The van der Waals surface area contributed by atoms with E-state index in [-0.39, 0.29) is 30.7 Å². The van der Waals surface area contributed by atoms with E-state index in [4.69, 9.17) is 5.73 Å². The van der Waals surface area contributed by atoms with Crippen molar-refractivity contribution in [1.82, 2.24) is 9.80 Å². The Balaban J connectivity index is 0.00000121. The van der Waals surface area contributed by atoms with Gasteiger partial charge in [-0.05, 0) is 25.3 Å². The lowest BCUT2D eigenvalue weighted by Gasteiger charge is -2.36. The summed E-state index contributed by atoms with van der Waals surface area (Å²) in [5.74, 6) is 0.0595. The molecule has 1 saturated carbocycles. The predicted octanol–water partition coefficient (Wildman–Crippen LogP) is 2.15. The first-order valence-electron chi connectivity index (χ1n) is 7.50. The first-order chi connectivity index (χ1) is 9.65. The van der Waals surface area contributed by atoms with Crippen molar-refractivity contribution in [2.75, 3.05) is 26.2 Å². The molecule has 3 rings (SSSR count). The minimum Gasteiger partial charge on any atom is -0.338 e. The highest BCUT2D eigenvalue weighted by Crippen LogP contribution is 2.27. The van der Waals surface area contributed by atoms with E-state index in [0.717, 1.165) is 37.8 Å². The number of amides is 1. The van der Waals surface area contributed by atoms with Gasteiger partial charge in [0.15, 0.2) is 0 Å². The van der Waals surface area contributed by atoms with Gasteiger partial charge in [-0.1, -0.05) is 29.8 Å². The van der Waals surface area contributed by atoms with E-state index in [2.05, 4.69) is 4.90 Å². The summed E-state index contributed by atoms with van der Waals surface area (Å²) in [6.45, 7) is 5.66. The molecule has 2 N–H and O–H groups in total. The molecule has 0 radical (unpaired) electrons. The molecule has 4 nitrogen and oxygen atoms in total. The molecule has 1 aliphatic carbocycles. The molecule has 1 aromatic rings. The summed E-state index contributed by atoms with van der Waals surface area (Å²) < 4.78 is 0. The van der Waals surface area contributed by atoms with Crippen LogP contribution in [-0.2, 0) is 4.79 Å². The van der Waals surface area contributed by atoms with Crippen molar-refractivity contribution in [3.63, 3.8) is 0 Å². The lowest BCUT2D eigenvalue weighted by atomic mass is 10.0. The Hall–Kier alpha value is -0.810. The van der Waals surface area contributed by atoms with Crippen LogP contribution in [0.15, 0.2) is 24.3 Å². The number of nitrogens with two attached hydrogens (primary N) is 1. The Bertz CT molecular complexity index is 483. The molecule has 0 aromatic heterocycles. The largest absolute Gasteiger partial charge is 0.338 e. The fourth-order valence-electron chi connectivity index (χ4n) is 2.86. The Morgan fingerprint density at radius 1 is 1.09 bits per heavy atom. The average molecular weight is 346 g/mol. The SMILES string of the molecule is Cc1ccc(C(N)C(=O)N2CCN(C3CC3)CC2)cc1.Cl.Cl. The minimum absolute atomic E-state index is 0. The Morgan fingerprint density at radius 2 is 1.64 bits per heavy atom. The summed E-state index contributed by atoms with van der Waals surface area (Å²) >= 11 is 0. The third-order valence-corrected chi connectivity index (χ3v) is 4.39. The fraction of sp³-hybridized carbons (Fsp3) is 0.562. The van der Waals surface area contributed by atoms with Crippen LogP contribution >= 0.6 is 24.8 Å². The highest BCUT2D eigenvalue weighted by molar-refractivity contribution is 5.85. The van der Waals surface area contributed by atoms with E-state index >= 15 is 0 Å². The van der Waals surface area contributed by atoms with Gasteiger partial charge >= 0.3 is 0 Å². The lowest BCUT2D eigenvalue weighted by molar-refractivity contribution is -0.134. The van der Waals surface area contributed by atoms with E-state index in [0.29, 0.717) is 0 Å². The van der Waals surface area contributed by atoms with Crippen LogP contribution in [0.3, 0.4) is 0 Å². The molecule has 1 saturated heterocycles. The molecule has 1 aliphatic heterocycles. The summed E-state index contributed by atoms with van der Waals surface area (Å²) in [6, 6.07) is 8.19. The molecule has 6 heteroatoms. The number of hydrogen-bond donors (Lipinski definition) is 1. The van der Waals surface area contributed by atoms with Crippen molar-refractivity contribution in [3.8, 4) is 0 Å². The zero-order chi connectivity index (χ0) is 14.1. The van der Waals surface area contributed by atoms with Crippen molar-refractivity contribution in [2.24, 2.45) is 5.73 Å². The monoisotopic (exact) mass is 345 g/mol. The quantitative estimate of drug-likeness (QED) is 0.912. The van der Waals surface area contributed by atoms with E-state index in [1.54, 1.807) is 0 Å². The smallest absolute Gasteiger partial charge is 0.244 e. The van der Waals surface area contributed by atoms with Crippen molar-refractivity contribution in [3.05, 3.63) is 35.4 Å². The van der Waals surface area contributed by atoms with E-state index in [1.807, 2.05) is 36.1 Å². The Labute approximate surface area is 144 Å². The third kappa shape index (κ3) is 4.35. The van der Waals surface area contributed by atoms with Crippen LogP contribution in [0, 0.1) is 6.92 Å². The van der Waals surface area contributed by atoms with Gasteiger partial charge in [0.1, 0.15) is 6.04 Å². The number of halogens is 2. The second-order valence-electron chi connectivity index (χ2n) is 5.98. The van der Waals surface area contributed by atoms with Crippen LogP contribution in [0.2, 0.25) is 0 Å². The minimum atomic E-state index is -0.525. The number of benzene rings is 1. The number of hydrogen-bond acceptors (Lipinski definition) is 3. The Kier molecular flexibility index (Phi) is 7.13. The molecule has 1 amide bonds. The van der Waals surface area contributed by atoms with E-state index < -0.39 is 6.04 Å². The number of aryl methyl sites for hydroxylation is 1. The van der Waals surface area contributed by atoms with Gasteiger partial charge in [0.25, 0.3) is 0 Å². The number of carbonyl (C=O) groups excluding carboxylic acids is 1. The molecule has 124 valence electrons. The van der Waals surface area contributed by atoms with Gasteiger partial charge < -0.3 is 10.6 Å². The maximum absolute atomic E-state index is 12.5. The van der Waals surface area contributed by atoms with Crippen LogP contribution in [0.5, 0.6) is 0 Å². The summed E-state index contributed by atoms with van der Waals surface area (Å²) in [5.41, 5.74) is 8.22. The molecule has 1 heterocycles. The zero-order valence-corrected chi connectivity index (χ0v) is 14.5. The third-order valence-electron chi connectivity index (χ3n) is 4.39. The molecule has 22 heavy (non-hydrogen) atoms. The maximum Gasteiger partial charge on any atom is 0.244 e. The van der Waals surface area contributed by atoms with E-state index in [1.165, 1.54) is 18.4 Å². The van der Waals surface area contributed by atoms with Gasteiger partial charge in [0, 0.05) is 32.2 Å².